The Kier molecular flexibility index (Phi) is 6.07. The minimum atomic E-state index is 0.0463. The number of morpholine rings is 1. The van der Waals surface area contributed by atoms with Gasteiger partial charge in [-0.2, -0.15) is 5.10 Å². The van der Waals surface area contributed by atoms with E-state index in [4.69, 9.17) is 9.47 Å². The second kappa shape index (κ2) is 8.47. The number of benzene rings is 1. The van der Waals surface area contributed by atoms with E-state index >= 15 is 0 Å². The third-order valence-electron chi connectivity index (χ3n) is 4.71. The molecule has 1 aromatic carbocycles. The van der Waals surface area contributed by atoms with Crippen molar-refractivity contribution in [3.8, 4) is 0 Å². The molecule has 3 rings (SSSR count). The molecule has 0 amide bonds. The first-order chi connectivity index (χ1) is 12.2. The molecule has 0 aliphatic carbocycles. The number of nitrogens with one attached hydrogen (secondary N) is 1. The minimum absolute atomic E-state index is 0.0463. The van der Waals surface area contributed by atoms with Crippen LogP contribution in [0.3, 0.4) is 0 Å². The van der Waals surface area contributed by atoms with Gasteiger partial charge in [-0.25, -0.2) is 0 Å². The van der Waals surface area contributed by atoms with Crippen LogP contribution in [-0.2, 0) is 23.1 Å². The Balaban J connectivity index is 1.66. The van der Waals surface area contributed by atoms with Gasteiger partial charge in [-0.15, -0.1) is 0 Å². The van der Waals surface area contributed by atoms with E-state index in [2.05, 4.69) is 34.4 Å². The van der Waals surface area contributed by atoms with Crippen molar-refractivity contribution in [1.82, 2.24) is 15.1 Å². The van der Waals surface area contributed by atoms with E-state index < -0.39 is 0 Å². The van der Waals surface area contributed by atoms with Gasteiger partial charge in [-0.05, 0) is 12.5 Å². The number of anilines is 1. The molecule has 1 fully saturated rings. The lowest BCUT2D eigenvalue weighted by atomic mass is 10.1. The average Bonchev–Trinajstić information content (AvgIpc) is 2.93. The average molecular weight is 344 g/mol. The molecule has 0 unspecified atom stereocenters. The molecule has 2 heterocycles. The van der Waals surface area contributed by atoms with Gasteiger partial charge in [0.2, 0.25) is 0 Å². The summed E-state index contributed by atoms with van der Waals surface area (Å²) in [5.41, 5.74) is 3.52. The van der Waals surface area contributed by atoms with Crippen LogP contribution in [0.1, 0.15) is 22.9 Å². The second-order valence-corrected chi connectivity index (χ2v) is 6.38. The third-order valence-corrected chi connectivity index (χ3v) is 4.71. The highest BCUT2D eigenvalue weighted by molar-refractivity contribution is 5.50. The summed E-state index contributed by atoms with van der Waals surface area (Å²) in [6.45, 7) is 6.99. The van der Waals surface area contributed by atoms with E-state index in [1.165, 1.54) is 16.9 Å². The van der Waals surface area contributed by atoms with Crippen molar-refractivity contribution in [2.45, 2.75) is 19.6 Å². The van der Waals surface area contributed by atoms with Crippen molar-refractivity contribution >= 4 is 5.82 Å². The van der Waals surface area contributed by atoms with Crippen LogP contribution in [0.25, 0.3) is 0 Å². The van der Waals surface area contributed by atoms with Gasteiger partial charge in [0.15, 0.2) is 0 Å². The molecule has 0 bridgehead atoms. The van der Waals surface area contributed by atoms with Crippen LogP contribution in [0, 0.1) is 6.92 Å². The van der Waals surface area contributed by atoms with Crippen molar-refractivity contribution in [1.29, 1.82) is 0 Å². The first-order valence-corrected chi connectivity index (χ1v) is 8.84. The van der Waals surface area contributed by atoms with Crippen LogP contribution in [-0.4, -0.2) is 49.7 Å². The molecule has 1 atom stereocenters. The molecule has 2 aromatic rings. The molecule has 0 radical (unpaired) electrons. The normalized spacial score (nSPS) is 16.2. The molecule has 136 valence electrons. The van der Waals surface area contributed by atoms with E-state index in [-0.39, 0.29) is 6.10 Å². The highest BCUT2D eigenvalue weighted by atomic mass is 16.5. The molecular formula is C19H28N4O2. The number of hydrogen-bond donors (Lipinski definition) is 1. The Labute approximate surface area is 149 Å². The number of methoxy groups -OCH3 is 1. The first-order valence-electron chi connectivity index (χ1n) is 8.84. The zero-order chi connectivity index (χ0) is 17.6. The molecule has 25 heavy (non-hydrogen) atoms. The number of aromatic nitrogens is 2. The van der Waals surface area contributed by atoms with E-state index in [9.17, 15) is 0 Å². The number of hydrogen-bond acceptors (Lipinski definition) is 5. The molecule has 0 saturated carbocycles. The van der Waals surface area contributed by atoms with Gasteiger partial charge in [0.05, 0.1) is 25.0 Å². The maximum Gasteiger partial charge on any atom is 0.131 e. The lowest BCUT2D eigenvalue weighted by Gasteiger charge is -2.29. The lowest BCUT2D eigenvalue weighted by Crippen LogP contribution is -2.38. The number of nitrogens with zero attached hydrogens (tertiary/aromatic N) is 3. The fraction of sp³-hybridized carbons (Fsp3) is 0.526. The summed E-state index contributed by atoms with van der Waals surface area (Å²) in [7, 11) is 3.77. The molecule has 0 spiro atoms. The van der Waals surface area contributed by atoms with Gasteiger partial charge in [0, 0.05) is 45.9 Å². The van der Waals surface area contributed by atoms with Crippen LogP contribution >= 0.6 is 0 Å². The summed E-state index contributed by atoms with van der Waals surface area (Å²) in [6, 6.07) is 10.3. The Morgan fingerprint density at radius 1 is 1.24 bits per heavy atom. The molecule has 1 aromatic heterocycles. The van der Waals surface area contributed by atoms with E-state index in [0.29, 0.717) is 0 Å². The van der Waals surface area contributed by atoms with Crippen LogP contribution in [0.4, 0.5) is 5.82 Å². The van der Waals surface area contributed by atoms with Gasteiger partial charge in [0.25, 0.3) is 0 Å². The zero-order valence-corrected chi connectivity index (χ0v) is 15.4. The van der Waals surface area contributed by atoms with Gasteiger partial charge in [0.1, 0.15) is 5.82 Å². The smallest absolute Gasteiger partial charge is 0.131 e. The molecule has 1 saturated heterocycles. The Morgan fingerprint density at radius 3 is 2.64 bits per heavy atom. The quantitative estimate of drug-likeness (QED) is 0.833. The van der Waals surface area contributed by atoms with Crippen LogP contribution in [0.2, 0.25) is 0 Å². The molecule has 1 aliphatic rings. The molecular weight excluding hydrogens is 316 g/mol. The Morgan fingerprint density at radius 2 is 1.96 bits per heavy atom. The predicted octanol–water partition coefficient (Wildman–Crippen LogP) is 2.04. The summed E-state index contributed by atoms with van der Waals surface area (Å²) in [5.74, 6) is 1.20. The molecule has 1 aliphatic heterocycles. The maximum absolute atomic E-state index is 5.65. The highest BCUT2D eigenvalue weighted by Crippen LogP contribution is 2.24. The van der Waals surface area contributed by atoms with Gasteiger partial charge in [-0.3, -0.25) is 4.68 Å². The second-order valence-electron chi connectivity index (χ2n) is 6.38. The monoisotopic (exact) mass is 344 g/mol. The van der Waals surface area contributed by atoms with Crippen molar-refractivity contribution < 1.29 is 9.47 Å². The number of rotatable bonds is 7. The molecule has 6 nitrogen and oxygen atoms in total. The summed E-state index contributed by atoms with van der Waals surface area (Å²) in [4.78, 5) is 2.37. The first kappa shape index (κ1) is 17.9. The van der Waals surface area contributed by atoms with Crippen molar-refractivity contribution in [3.05, 3.63) is 47.2 Å². The van der Waals surface area contributed by atoms with Gasteiger partial charge < -0.3 is 19.7 Å². The van der Waals surface area contributed by atoms with Crippen molar-refractivity contribution in [2.75, 3.05) is 44.9 Å². The van der Waals surface area contributed by atoms with Gasteiger partial charge in [-0.1, -0.05) is 30.3 Å². The lowest BCUT2D eigenvalue weighted by molar-refractivity contribution is 0.102. The Hall–Kier alpha value is -1.89. The fourth-order valence-corrected chi connectivity index (χ4v) is 3.40. The van der Waals surface area contributed by atoms with Crippen molar-refractivity contribution in [3.63, 3.8) is 0 Å². The standard InChI is InChI=1S/C19H28N4O2/c1-15-17(19(22(2)21-15)23-9-11-25-12-10-23)13-20-14-18(24-3)16-7-5-4-6-8-16/h4-8,18,20H,9-14H2,1-3H3/t18-/m1/s1. The van der Waals surface area contributed by atoms with E-state index in [0.717, 1.165) is 45.1 Å². The van der Waals surface area contributed by atoms with Gasteiger partial charge >= 0.3 is 0 Å². The molecule has 6 heteroatoms. The predicted molar refractivity (Wildman–Crippen MR) is 98.9 cm³/mol. The van der Waals surface area contributed by atoms with Crippen molar-refractivity contribution in [2.24, 2.45) is 7.05 Å². The summed E-state index contributed by atoms with van der Waals surface area (Å²) in [5, 5.41) is 8.17. The largest absolute Gasteiger partial charge is 0.378 e. The maximum atomic E-state index is 5.65. The minimum Gasteiger partial charge on any atom is -0.378 e. The highest BCUT2D eigenvalue weighted by Gasteiger charge is 2.21. The summed E-state index contributed by atoms with van der Waals surface area (Å²) in [6.07, 6.45) is 0.0463. The third kappa shape index (κ3) is 4.21. The van der Waals surface area contributed by atoms with Crippen LogP contribution < -0.4 is 10.2 Å². The number of ether oxygens (including phenoxy) is 2. The summed E-state index contributed by atoms with van der Waals surface area (Å²) < 4.78 is 13.1. The van der Waals surface area contributed by atoms with E-state index in [1.54, 1.807) is 7.11 Å². The number of aryl methyl sites for hydroxylation is 2. The zero-order valence-electron chi connectivity index (χ0n) is 15.4. The SMILES string of the molecule is CO[C@H](CNCc1c(C)nn(C)c1N1CCOCC1)c1ccccc1. The topological polar surface area (TPSA) is 51.5 Å². The van der Waals surface area contributed by atoms with Crippen LogP contribution in [0.5, 0.6) is 0 Å². The van der Waals surface area contributed by atoms with E-state index in [1.807, 2.05) is 29.9 Å². The Bertz CT molecular complexity index is 666. The molecule has 1 N–H and O–H groups in total. The fourth-order valence-electron chi connectivity index (χ4n) is 3.40. The summed E-state index contributed by atoms with van der Waals surface area (Å²) >= 11 is 0. The van der Waals surface area contributed by atoms with Crippen LogP contribution in [0.15, 0.2) is 30.3 Å².